The fourth-order valence-corrected chi connectivity index (χ4v) is 2.81. The predicted molar refractivity (Wildman–Crippen MR) is 73.7 cm³/mol. The van der Waals surface area contributed by atoms with Crippen LogP contribution in [-0.2, 0) is 6.42 Å². The van der Waals surface area contributed by atoms with Gasteiger partial charge in [-0.1, -0.05) is 15.9 Å². The maximum atomic E-state index is 10.1. The Morgan fingerprint density at radius 1 is 1.41 bits per heavy atom. The molecule has 1 unspecified atom stereocenters. The third-order valence-corrected chi connectivity index (χ3v) is 3.78. The second kappa shape index (κ2) is 5.67. The molecule has 17 heavy (non-hydrogen) atoms. The molecular formula is C13H13BrO2S. The summed E-state index contributed by atoms with van der Waals surface area (Å²) in [5.74, 6) is 0.808. The van der Waals surface area contributed by atoms with Crippen LogP contribution in [0.5, 0.6) is 5.75 Å². The molecule has 0 fully saturated rings. The first kappa shape index (κ1) is 12.6. The fourth-order valence-electron chi connectivity index (χ4n) is 1.70. The molecule has 2 aromatic rings. The molecule has 0 bridgehead atoms. The van der Waals surface area contributed by atoms with E-state index in [-0.39, 0.29) is 0 Å². The average molecular weight is 313 g/mol. The van der Waals surface area contributed by atoms with Crippen LogP contribution in [0.25, 0.3) is 0 Å². The Labute approximate surface area is 113 Å². The van der Waals surface area contributed by atoms with Crippen molar-refractivity contribution in [3.05, 3.63) is 50.6 Å². The number of methoxy groups -OCH3 is 1. The third-order valence-electron chi connectivity index (χ3n) is 2.58. The van der Waals surface area contributed by atoms with Gasteiger partial charge in [0.25, 0.3) is 0 Å². The quantitative estimate of drug-likeness (QED) is 0.930. The molecule has 0 saturated carbocycles. The number of ether oxygens (including phenoxy) is 1. The summed E-state index contributed by atoms with van der Waals surface area (Å²) in [7, 11) is 1.64. The standard InChI is InChI=1S/C13H13BrO2S/c1-16-13-3-2-11(14)6-10(13)7-12(15)9-4-5-17-8-9/h2-6,8,12,15H,7H2,1H3. The smallest absolute Gasteiger partial charge is 0.122 e. The Morgan fingerprint density at radius 3 is 2.88 bits per heavy atom. The van der Waals surface area contributed by atoms with E-state index in [1.807, 2.05) is 35.0 Å². The van der Waals surface area contributed by atoms with Gasteiger partial charge in [0, 0.05) is 10.9 Å². The van der Waals surface area contributed by atoms with Gasteiger partial charge in [0.15, 0.2) is 0 Å². The number of aliphatic hydroxyl groups excluding tert-OH is 1. The van der Waals surface area contributed by atoms with E-state index in [1.165, 1.54) is 0 Å². The molecule has 0 spiro atoms. The van der Waals surface area contributed by atoms with Gasteiger partial charge in [0.05, 0.1) is 13.2 Å². The average Bonchev–Trinajstić information content (AvgIpc) is 2.83. The minimum Gasteiger partial charge on any atom is -0.496 e. The van der Waals surface area contributed by atoms with Crippen LogP contribution in [0.3, 0.4) is 0 Å². The van der Waals surface area contributed by atoms with Crippen molar-refractivity contribution in [3.8, 4) is 5.75 Å². The van der Waals surface area contributed by atoms with Gasteiger partial charge in [-0.25, -0.2) is 0 Å². The van der Waals surface area contributed by atoms with Crippen LogP contribution in [0.1, 0.15) is 17.2 Å². The molecule has 90 valence electrons. The number of hydrogen-bond donors (Lipinski definition) is 1. The van der Waals surface area contributed by atoms with Gasteiger partial charge in [-0.15, -0.1) is 0 Å². The largest absolute Gasteiger partial charge is 0.496 e. The number of hydrogen-bond acceptors (Lipinski definition) is 3. The number of benzene rings is 1. The third kappa shape index (κ3) is 3.09. The van der Waals surface area contributed by atoms with Gasteiger partial charge in [0.1, 0.15) is 5.75 Å². The summed E-state index contributed by atoms with van der Waals surface area (Å²) in [6.07, 6.45) is 0.0729. The van der Waals surface area contributed by atoms with Crippen LogP contribution in [-0.4, -0.2) is 12.2 Å². The molecule has 4 heteroatoms. The molecule has 0 amide bonds. The van der Waals surface area contributed by atoms with Crippen LogP contribution in [0.15, 0.2) is 39.5 Å². The summed E-state index contributed by atoms with van der Waals surface area (Å²) in [4.78, 5) is 0. The Kier molecular flexibility index (Phi) is 4.20. The highest BCUT2D eigenvalue weighted by atomic mass is 79.9. The van der Waals surface area contributed by atoms with E-state index in [0.29, 0.717) is 6.42 Å². The normalized spacial score (nSPS) is 12.4. The van der Waals surface area contributed by atoms with Crippen molar-refractivity contribution in [2.45, 2.75) is 12.5 Å². The first-order valence-corrected chi connectivity index (χ1v) is 6.97. The highest BCUT2D eigenvalue weighted by molar-refractivity contribution is 9.10. The molecule has 2 rings (SSSR count). The fraction of sp³-hybridized carbons (Fsp3) is 0.231. The molecule has 1 aromatic heterocycles. The van der Waals surface area contributed by atoms with Crippen molar-refractivity contribution >= 4 is 27.3 Å². The maximum Gasteiger partial charge on any atom is 0.122 e. The van der Waals surface area contributed by atoms with Crippen LogP contribution in [0.4, 0.5) is 0 Å². The Balaban J connectivity index is 2.20. The van der Waals surface area contributed by atoms with Crippen molar-refractivity contribution in [1.82, 2.24) is 0 Å². The van der Waals surface area contributed by atoms with Crippen LogP contribution >= 0.6 is 27.3 Å². The molecule has 0 aliphatic heterocycles. The number of rotatable bonds is 4. The van der Waals surface area contributed by atoms with Crippen LogP contribution in [0, 0.1) is 0 Å². The summed E-state index contributed by atoms with van der Waals surface area (Å²) in [6.45, 7) is 0. The number of halogens is 1. The second-order valence-electron chi connectivity index (χ2n) is 3.73. The van der Waals surface area contributed by atoms with Crippen molar-refractivity contribution in [1.29, 1.82) is 0 Å². The summed E-state index contributed by atoms with van der Waals surface area (Å²) in [5.41, 5.74) is 1.96. The molecule has 1 atom stereocenters. The van der Waals surface area contributed by atoms with Gasteiger partial charge in [-0.3, -0.25) is 0 Å². The Bertz CT molecular complexity index is 482. The Hall–Kier alpha value is -0.840. The van der Waals surface area contributed by atoms with Gasteiger partial charge < -0.3 is 9.84 Å². The van der Waals surface area contributed by atoms with Crippen LogP contribution in [0.2, 0.25) is 0 Å². The van der Waals surface area contributed by atoms with E-state index in [0.717, 1.165) is 21.3 Å². The van der Waals surface area contributed by atoms with Gasteiger partial charge in [0.2, 0.25) is 0 Å². The summed E-state index contributed by atoms with van der Waals surface area (Å²) < 4.78 is 6.28. The zero-order chi connectivity index (χ0) is 12.3. The lowest BCUT2D eigenvalue weighted by atomic mass is 10.0. The predicted octanol–water partition coefficient (Wildman–Crippen LogP) is 3.80. The van der Waals surface area contributed by atoms with Crippen molar-refractivity contribution in [2.75, 3.05) is 7.11 Å². The number of aliphatic hydroxyl groups is 1. The van der Waals surface area contributed by atoms with E-state index in [1.54, 1.807) is 18.4 Å². The zero-order valence-corrected chi connectivity index (χ0v) is 11.8. The van der Waals surface area contributed by atoms with E-state index in [4.69, 9.17) is 4.74 Å². The summed E-state index contributed by atoms with van der Waals surface area (Å²) >= 11 is 5.02. The van der Waals surface area contributed by atoms with Crippen molar-refractivity contribution < 1.29 is 9.84 Å². The zero-order valence-electron chi connectivity index (χ0n) is 9.39. The molecular weight excluding hydrogens is 300 g/mol. The van der Waals surface area contributed by atoms with E-state index < -0.39 is 6.10 Å². The molecule has 1 N–H and O–H groups in total. The van der Waals surface area contributed by atoms with Crippen molar-refractivity contribution in [2.24, 2.45) is 0 Å². The minimum atomic E-state index is -0.482. The summed E-state index contributed by atoms with van der Waals surface area (Å²) in [6, 6.07) is 7.76. The van der Waals surface area contributed by atoms with Crippen molar-refractivity contribution in [3.63, 3.8) is 0 Å². The highest BCUT2D eigenvalue weighted by Gasteiger charge is 2.12. The van der Waals surface area contributed by atoms with Gasteiger partial charge in [-0.2, -0.15) is 11.3 Å². The number of thiophene rings is 1. The monoisotopic (exact) mass is 312 g/mol. The minimum absolute atomic E-state index is 0.482. The van der Waals surface area contributed by atoms with Crippen LogP contribution < -0.4 is 4.74 Å². The highest BCUT2D eigenvalue weighted by Crippen LogP contribution is 2.28. The lowest BCUT2D eigenvalue weighted by Crippen LogP contribution is -2.02. The van der Waals surface area contributed by atoms with Gasteiger partial charge in [-0.05, 0) is 46.2 Å². The molecule has 0 saturated heterocycles. The molecule has 1 heterocycles. The molecule has 0 aliphatic carbocycles. The SMILES string of the molecule is COc1ccc(Br)cc1CC(O)c1ccsc1. The molecule has 0 aliphatic rings. The summed E-state index contributed by atoms with van der Waals surface area (Å²) in [5, 5.41) is 14.0. The topological polar surface area (TPSA) is 29.5 Å². The first-order valence-electron chi connectivity index (χ1n) is 5.23. The Morgan fingerprint density at radius 2 is 2.24 bits per heavy atom. The first-order chi connectivity index (χ1) is 8.20. The van der Waals surface area contributed by atoms with E-state index >= 15 is 0 Å². The maximum absolute atomic E-state index is 10.1. The van der Waals surface area contributed by atoms with E-state index in [9.17, 15) is 5.11 Å². The molecule has 2 nitrogen and oxygen atoms in total. The molecule has 1 aromatic carbocycles. The molecule has 0 radical (unpaired) electrons. The van der Waals surface area contributed by atoms with E-state index in [2.05, 4.69) is 15.9 Å². The second-order valence-corrected chi connectivity index (χ2v) is 5.43. The van der Waals surface area contributed by atoms with Gasteiger partial charge >= 0.3 is 0 Å². The lowest BCUT2D eigenvalue weighted by Gasteiger charge is -2.13. The lowest BCUT2D eigenvalue weighted by molar-refractivity contribution is 0.177.